The number of hydrogen-bond acceptors (Lipinski definition) is 3. The van der Waals surface area contributed by atoms with E-state index in [1.807, 2.05) is 0 Å². The Balaban J connectivity index is 4.91. The Bertz CT molecular complexity index is 273. The van der Waals surface area contributed by atoms with Crippen LogP contribution in [0.1, 0.15) is 27.7 Å². The first-order valence-electron chi connectivity index (χ1n) is 5.63. The average molecular weight is 246 g/mol. The molecule has 0 heterocycles. The Hall–Kier alpha value is -1.30. The standard InChI is InChI=1S/C11H22N2O4/c1-5-12(6-7-14)10(17)13(8-9(15)16)11(2,3)4/h14H,5-8H2,1-4H3,(H,15,16). The average Bonchev–Trinajstić information content (AvgIpc) is 2.19. The molecule has 0 bridgehead atoms. The third-order valence-corrected chi connectivity index (χ3v) is 2.36. The lowest BCUT2D eigenvalue weighted by Gasteiger charge is -2.37. The van der Waals surface area contributed by atoms with E-state index in [2.05, 4.69) is 0 Å². The molecular weight excluding hydrogens is 224 g/mol. The lowest BCUT2D eigenvalue weighted by molar-refractivity contribution is -0.138. The third-order valence-electron chi connectivity index (χ3n) is 2.36. The van der Waals surface area contributed by atoms with Crippen molar-refractivity contribution in [2.45, 2.75) is 33.2 Å². The number of carbonyl (C=O) groups excluding carboxylic acids is 1. The first-order chi connectivity index (χ1) is 7.73. The highest BCUT2D eigenvalue weighted by molar-refractivity contribution is 5.80. The number of carboxylic acid groups (broad SMARTS) is 1. The minimum Gasteiger partial charge on any atom is -0.480 e. The van der Waals surface area contributed by atoms with Crippen molar-refractivity contribution >= 4 is 12.0 Å². The summed E-state index contributed by atoms with van der Waals surface area (Å²) in [6, 6.07) is -0.364. The van der Waals surface area contributed by atoms with Crippen molar-refractivity contribution < 1.29 is 19.8 Å². The van der Waals surface area contributed by atoms with Gasteiger partial charge in [0.15, 0.2) is 0 Å². The Morgan fingerprint density at radius 2 is 1.76 bits per heavy atom. The van der Waals surface area contributed by atoms with Gasteiger partial charge in [0.25, 0.3) is 0 Å². The van der Waals surface area contributed by atoms with Crippen molar-refractivity contribution in [2.75, 3.05) is 26.2 Å². The van der Waals surface area contributed by atoms with Crippen LogP contribution in [-0.2, 0) is 4.79 Å². The first-order valence-corrected chi connectivity index (χ1v) is 5.63. The molecule has 2 amide bonds. The van der Waals surface area contributed by atoms with Crippen LogP contribution in [0.15, 0.2) is 0 Å². The van der Waals surface area contributed by atoms with Gasteiger partial charge in [-0.2, -0.15) is 0 Å². The molecule has 0 aromatic carbocycles. The second-order valence-electron chi connectivity index (χ2n) is 4.74. The molecule has 0 unspecified atom stereocenters. The molecule has 0 saturated heterocycles. The van der Waals surface area contributed by atoms with Crippen LogP contribution in [0.25, 0.3) is 0 Å². The molecule has 17 heavy (non-hydrogen) atoms. The van der Waals surface area contributed by atoms with Crippen molar-refractivity contribution in [3.8, 4) is 0 Å². The Morgan fingerprint density at radius 3 is 2.06 bits per heavy atom. The predicted molar refractivity (Wildman–Crippen MR) is 63.8 cm³/mol. The molecule has 0 aliphatic carbocycles. The van der Waals surface area contributed by atoms with Crippen molar-refractivity contribution in [3.63, 3.8) is 0 Å². The number of carboxylic acids is 1. The van der Waals surface area contributed by atoms with Gasteiger partial charge in [0.1, 0.15) is 6.54 Å². The quantitative estimate of drug-likeness (QED) is 0.744. The smallest absolute Gasteiger partial charge is 0.323 e. The van der Waals surface area contributed by atoms with E-state index in [0.717, 1.165) is 0 Å². The molecule has 2 N–H and O–H groups in total. The number of hydrogen-bond donors (Lipinski definition) is 2. The second kappa shape index (κ2) is 6.44. The SMILES string of the molecule is CCN(CCO)C(=O)N(CC(=O)O)C(C)(C)C. The molecule has 100 valence electrons. The van der Waals surface area contributed by atoms with Crippen molar-refractivity contribution in [3.05, 3.63) is 0 Å². The van der Waals surface area contributed by atoms with E-state index in [1.165, 1.54) is 9.80 Å². The molecule has 0 aromatic heterocycles. The van der Waals surface area contributed by atoms with E-state index in [-0.39, 0.29) is 25.7 Å². The van der Waals surface area contributed by atoms with Crippen molar-refractivity contribution in [1.29, 1.82) is 0 Å². The van der Waals surface area contributed by atoms with Gasteiger partial charge < -0.3 is 20.0 Å². The number of rotatable bonds is 5. The van der Waals surface area contributed by atoms with Gasteiger partial charge in [-0.3, -0.25) is 4.79 Å². The van der Waals surface area contributed by atoms with Gasteiger partial charge in [-0.1, -0.05) is 0 Å². The van der Waals surface area contributed by atoms with E-state index in [9.17, 15) is 9.59 Å². The highest BCUT2D eigenvalue weighted by atomic mass is 16.4. The minimum atomic E-state index is -1.05. The van der Waals surface area contributed by atoms with Gasteiger partial charge in [0.05, 0.1) is 6.61 Å². The highest BCUT2D eigenvalue weighted by Crippen LogP contribution is 2.15. The predicted octanol–water partition coefficient (Wildman–Crippen LogP) is 0.606. The van der Waals surface area contributed by atoms with Crippen LogP contribution in [-0.4, -0.2) is 63.8 Å². The summed E-state index contributed by atoms with van der Waals surface area (Å²) in [5.41, 5.74) is -0.571. The fraction of sp³-hybridized carbons (Fsp3) is 0.818. The number of likely N-dealkylation sites (N-methyl/N-ethyl adjacent to an activating group) is 1. The summed E-state index contributed by atoms with van der Waals surface area (Å²) < 4.78 is 0. The summed E-state index contributed by atoms with van der Waals surface area (Å²) in [7, 11) is 0. The summed E-state index contributed by atoms with van der Waals surface area (Å²) in [6.45, 7) is 7.29. The molecule has 0 aliphatic heterocycles. The zero-order valence-electron chi connectivity index (χ0n) is 10.9. The zero-order chi connectivity index (χ0) is 13.6. The number of aliphatic hydroxyl groups is 1. The molecule has 0 rings (SSSR count). The molecule has 6 heteroatoms. The number of aliphatic hydroxyl groups excluding tert-OH is 1. The number of aliphatic carboxylic acids is 1. The summed E-state index contributed by atoms with van der Waals surface area (Å²) in [6.07, 6.45) is 0. The maximum absolute atomic E-state index is 12.1. The molecule has 0 spiro atoms. The van der Waals surface area contributed by atoms with Crippen molar-refractivity contribution in [1.82, 2.24) is 9.80 Å². The first kappa shape index (κ1) is 15.7. The maximum Gasteiger partial charge on any atom is 0.323 e. The van der Waals surface area contributed by atoms with Gasteiger partial charge in [0, 0.05) is 18.6 Å². The summed E-state index contributed by atoms with van der Waals surface area (Å²) in [5.74, 6) is -1.05. The lowest BCUT2D eigenvalue weighted by Crippen LogP contribution is -2.54. The van der Waals surface area contributed by atoms with E-state index in [1.54, 1.807) is 27.7 Å². The van der Waals surface area contributed by atoms with Crippen LogP contribution in [0.4, 0.5) is 4.79 Å². The highest BCUT2D eigenvalue weighted by Gasteiger charge is 2.30. The molecular formula is C11H22N2O4. The van der Waals surface area contributed by atoms with Crippen LogP contribution in [0.2, 0.25) is 0 Å². The molecule has 0 aromatic rings. The van der Waals surface area contributed by atoms with Gasteiger partial charge in [-0.05, 0) is 27.7 Å². The largest absolute Gasteiger partial charge is 0.480 e. The van der Waals surface area contributed by atoms with Gasteiger partial charge in [-0.25, -0.2) is 4.79 Å². The number of carbonyl (C=O) groups is 2. The fourth-order valence-electron chi connectivity index (χ4n) is 1.41. The minimum absolute atomic E-state index is 0.134. The van der Waals surface area contributed by atoms with Crippen LogP contribution in [0.3, 0.4) is 0 Å². The normalized spacial score (nSPS) is 11.1. The van der Waals surface area contributed by atoms with E-state index < -0.39 is 11.5 Å². The van der Waals surface area contributed by atoms with Gasteiger partial charge >= 0.3 is 12.0 Å². The maximum atomic E-state index is 12.1. The van der Waals surface area contributed by atoms with Gasteiger partial charge in [0.2, 0.25) is 0 Å². The van der Waals surface area contributed by atoms with Gasteiger partial charge in [-0.15, -0.1) is 0 Å². The monoisotopic (exact) mass is 246 g/mol. The van der Waals surface area contributed by atoms with E-state index >= 15 is 0 Å². The molecule has 0 aliphatic rings. The van der Waals surface area contributed by atoms with E-state index in [4.69, 9.17) is 10.2 Å². The van der Waals surface area contributed by atoms with Crippen LogP contribution in [0.5, 0.6) is 0 Å². The van der Waals surface area contributed by atoms with Crippen molar-refractivity contribution in [2.24, 2.45) is 0 Å². The van der Waals surface area contributed by atoms with Crippen LogP contribution < -0.4 is 0 Å². The summed E-state index contributed by atoms with van der Waals surface area (Å²) >= 11 is 0. The summed E-state index contributed by atoms with van der Waals surface area (Å²) in [4.78, 5) is 25.6. The Kier molecular flexibility index (Phi) is 5.95. The molecule has 6 nitrogen and oxygen atoms in total. The molecule has 0 atom stereocenters. The fourth-order valence-corrected chi connectivity index (χ4v) is 1.41. The third kappa shape index (κ3) is 5.04. The van der Waals surface area contributed by atoms with Crippen LogP contribution >= 0.6 is 0 Å². The number of amides is 2. The lowest BCUT2D eigenvalue weighted by atomic mass is 10.1. The molecule has 0 radical (unpaired) electrons. The van der Waals surface area contributed by atoms with Crippen LogP contribution in [0, 0.1) is 0 Å². The molecule has 0 fully saturated rings. The van der Waals surface area contributed by atoms with E-state index in [0.29, 0.717) is 6.54 Å². The topological polar surface area (TPSA) is 81.1 Å². The molecule has 0 saturated carbocycles. The second-order valence-corrected chi connectivity index (χ2v) is 4.74. The Labute approximate surface area is 102 Å². The Morgan fingerprint density at radius 1 is 1.24 bits per heavy atom. The number of urea groups is 1. The summed E-state index contributed by atoms with van der Waals surface area (Å²) in [5, 5.41) is 17.7. The zero-order valence-corrected chi connectivity index (χ0v) is 10.9. The number of nitrogens with zero attached hydrogens (tertiary/aromatic N) is 2.